The van der Waals surface area contributed by atoms with E-state index in [2.05, 4.69) is 5.32 Å². The summed E-state index contributed by atoms with van der Waals surface area (Å²) in [6, 6.07) is 12.3. The highest BCUT2D eigenvalue weighted by molar-refractivity contribution is 7.93. The van der Waals surface area contributed by atoms with Crippen LogP contribution in [-0.2, 0) is 10.0 Å². The molecule has 1 heterocycles. The molecule has 1 amide bonds. The van der Waals surface area contributed by atoms with Crippen LogP contribution in [0.25, 0.3) is 0 Å². The molecule has 7 heteroatoms. The Bertz CT molecular complexity index is 909. The number of carbonyl (C=O) groups excluding carboxylic acids is 1. The monoisotopic (exact) mass is 360 g/mol. The predicted molar refractivity (Wildman–Crippen MR) is 97.9 cm³/mol. The average molecular weight is 360 g/mol. The summed E-state index contributed by atoms with van der Waals surface area (Å²) in [6.45, 7) is 2.28. The van der Waals surface area contributed by atoms with Crippen molar-refractivity contribution >= 4 is 27.3 Å². The van der Waals surface area contributed by atoms with Gasteiger partial charge in [0, 0.05) is 17.8 Å². The summed E-state index contributed by atoms with van der Waals surface area (Å²) < 4.78 is 31.1. The second-order valence-corrected chi connectivity index (χ2v) is 7.91. The molecule has 1 saturated heterocycles. The highest BCUT2D eigenvalue weighted by Crippen LogP contribution is 2.35. The van der Waals surface area contributed by atoms with Gasteiger partial charge in [0.1, 0.15) is 5.75 Å². The number of anilines is 2. The molecule has 0 atom stereocenters. The number of nitrogens with zero attached hydrogens (tertiary/aromatic N) is 1. The van der Waals surface area contributed by atoms with Gasteiger partial charge in [0.05, 0.1) is 18.6 Å². The molecule has 25 heavy (non-hydrogen) atoms. The molecule has 1 aliphatic heterocycles. The largest absolute Gasteiger partial charge is 0.495 e. The van der Waals surface area contributed by atoms with E-state index in [4.69, 9.17) is 4.74 Å². The fraction of sp³-hybridized carbons (Fsp3) is 0.278. The third-order valence-corrected chi connectivity index (χ3v) is 6.05. The number of hydrogen-bond acceptors (Lipinski definition) is 4. The van der Waals surface area contributed by atoms with Crippen LogP contribution in [0, 0.1) is 6.92 Å². The molecule has 3 rings (SSSR count). The van der Waals surface area contributed by atoms with Crippen LogP contribution in [-0.4, -0.2) is 33.7 Å². The zero-order valence-electron chi connectivity index (χ0n) is 14.2. The van der Waals surface area contributed by atoms with Crippen molar-refractivity contribution in [3.8, 4) is 5.75 Å². The van der Waals surface area contributed by atoms with Crippen LogP contribution >= 0.6 is 0 Å². The highest BCUT2D eigenvalue weighted by Gasteiger charge is 2.30. The summed E-state index contributed by atoms with van der Waals surface area (Å²) in [7, 11) is -1.84. The molecule has 0 spiro atoms. The summed E-state index contributed by atoms with van der Waals surface area (Å²) >= 11 is 0. The van der Waals surface area contributed by atoms with Gasteiger partial charge in [-0.3, -0.25) is 9.10 Å². The van der Waals surface area contributed by atoms with E-state index < -0.39 is 10.0 Å². The molecule has 0 bridgehead atoms. The van der Waals surface area contributed by atoms with E-state index in [-0.39, 0.29) is 11.7 Å². The molecule has 2 aromatic carbocycles. The van der Waals surface area contributed by atoms with Gasteiger partial charge in [-0.1, -0.05) is 18.2 Å². The number of benzene rings is 2. The standard InChI is InChI=1S/C18H20N2O4S/c1-13-6-3-4-7-15(13)18(21)19-14-8-9-17(24-2)16(12-14)20-10-5-11-25(20,22)23/h3-4,6-9,12H,5,10-11H2,1-2H3,(H,19,21). The van der Waals surface area contributed by atoms with Crippen LogP contribution < -0.4 is 14.4 Å². The lowest BCUT2D eigenvalue weighted by atomic mass is 10.1. The SMILES string of the molecule is COc1ccc(NC(=O)c2ccccc2C)cc1N1CCCS1(=O)=O. The van der Waals surface area contributed by atoms with Gasteiger partial charge in [-0.25, -0.2) is 8.42 Å². The molecule has 0 radical (unpaired) electrons. The molecular weight excluding hydrogens is 340 g/mol. The lowest BCUT2D eigenvalue weighted by Gasteiger charge is -2.20. The molecule has 1 N–H and O–H groups in total. The minimum Gasteiger partial charge on any atom is -0.495 e. The van der Waals surface area contributed by atoms with Gasteiger partial charge < -0.3 is 10.1 Å². The molecule has 2 aromatic rings. The van der Waals surface area contributed by atoms with Crippen LogP contribution in [0.4, 0.5) is 11.4 Å². The molecule has 0 aliphatic carbocycles. The highest BCUT2D eigenvalue weighted by atomic mass is 32.2. The first-order chi connectivity index (χ1) is 11.9. The van der Waals surface area contributed by atoms with E-state index in [1.54, 1.807) is 30.3 Å². The Hall–Kier alpha value is -2.54. The molecule has 0 unspecified atom stereocenters. The molecule has 0 saturated carbocycles. The van der Waals surface area contributed by atoms with Crippen LogP contribution in [0.1, 0.15) is 22.3 Å². The number of ether oxygens (including phenoxy) is 1. The van der Waals surface area contributed by atoms with E-state index in [0.717, 1.165) is 5.56 Å². The number of rotatable bonds is 4. The quantitative estimate of drug-likeness (QED) is 0.910. The van der Waals surface area contributed by atoms with Crippen molar-refractivity contribution in [2.75, 3.05) is 29.0 Å². The molecule has 1 aliphatic rings. The number of methoxy groups -OCH3 is 1. The van der Waals surface area contributed by atoms with Crippen molar-refractivity contribution in [1.82, 2.24) is 0 Å². The van der Waals surface area contributed by atoms with Gasteiger partial charge in [-0.15, -0.1) is 0 Å². The Balaban J connectivity index is 1.92. The van der Waals surface area contributed by atoms with Gasteiger partial charge in [0.2, 0.25) is 10.0 Å². The summed E-state index contributed by atoms with van der Waals surface area (Å²) in [4.78, 5) is 12.5. The van der Waals surface area contributed by atoms with E-state index in [1.165, 1.54) is 11.4 Å². The maximum atomic E-state index is 12.5. The Morgan fingerprint density at radius 1 is 1.20 bits per heavy atom. The Labute approximate surface area is 147 Å². The molecule has 132 valence electrons. The lowest BCUT2D eigenvalue weighted by Crippen LogP contribution is -2.25. The van der Waals surface area contributed by atoms with Crippen LogP contribution in [0.3, 0.4) is 0 Å². The minimum absolute atomic E-state index is 0.121. The van der Waals surface area contributed by atoms with Crippen molar-refractivity contribution in [1.29, 1.82) is 0 Å². The lowest BCUT2D eigenvalue weighted by molar-refractivity contribution is 0.102. The second-order valence-electron chi connectivity index (χ2n) is 5.90. The number of hydrogen-bond donors (Lipinski definition) is 1. The van der Waals surface area contributed by atoms with Crippen LogP contribution in [0.15, 0.2) is 42.5 Å². The van der Waals surface area contributed by atoms with Gasteiger partial charge in [0.25, 0.3) is 5.91 Å². The van der Waals surface area contributed by atoms with E-state index >= 15 is 0 Å². The molecule has 0 aromatic heterocycles. The third kappa shape index (κ3) is 3.46. The Morgan fingerprint density at radius 2 is 1.96 bits per heavy atom. The minimum atomic E-state index is -3.34. The predicted octanol–water partition coefficient (Wildman–Crippen LogP) is 2.80. The fourth-order valence-corrected chi connectivity index (χ4v) is 4.46. The summed E-state index contributed by atoms with van der Waals surface area (Å²) in [5, 5.41) is 2.83. The van der Waals surface area contributed by atoms with Crippen LogP contribution in [0.2, 0.25) is 0 Å². The van der Waals surface area contributed by atoms with Gasteiger partial charge >= 0.3 is 0 Å². The van der Waals surface area contributed by atoms with Gasteiger partial charge in [-0.05, 0) is 43.2 Å². The van der Waals surface area contributed by atoms with Crippen molar-refractivity contribution in [3.63, 3.8) is 0 Å². The normalized spacial score (nSPS) is 15.8. The Kier molecular flexibility index (Phi) is 4.67. The fourth-order valence-electron chi connectivity index (χ4n) is 2.90. The Morgan fingerprint density at radius 3 is 2.60 bits per heavy atom. The number of aryl methyl sites for hydroxylation is 1. The number of sulfonamides is 1. The molecule has 6 nitrogen and oxygen atoms in total. The summed E-state index contributed by atoms with van der Waals surface area (Å²) in [6.07, 6.45) is 0.575. The zero-order chi connectivity index (χ0) is 18.0. The van der Waals surface area contributed by atoms with E-state index in [9.17, 15) is 13.2 Å². The maximum absolute atomic E-state index is 12.5. The van der Waals surface area contributed by atoms with Crippen molar-refractivity contribution in [2.24, 2.45) is 0 Å². The van der Waals surface area contributed by atoms with E-state index in [1.807, 2.05) is 19.1 Å². The van der Waals surface area contributed by atoms with Crippen molar-refractivity contribution in [2.45, 2.75) is 13.3 Å². The number of nitrogens with one attached hydrogen (secondary N) is 1. The van der Waals surface area contributed by atoms with Gasteiger partial charge in [0.15, 0.2) is 0 Å². The molecular formula is C18H20N2O4S. The van der Waals surface area contributed by atoms with E-state index in [0.29, 0.717) is 35.7 Å². The topological polar surface area (TPSA) is 75.7 Å². The summed E-state index contributed by atoms with van der Waals surface area (Å²) in [5.41, 5.74) is 2.42. The first kappa shape index (κ1) is 17.3. The van der Waals surface area contributed by atoms with Crippen molar-refractivity contribution < 1.29 is 17.9 Å². The average Bonchev–Trinajstić information content (AvgIpc) is 2.94. The van der Waals surface area contributed by atoms with Crippen molar-refractivity contribution in [3.05, 3.63) is 53.6 Å². The smallest absolute Gasteiger partial charge is 0.255 e. The first-order valence-electron chi connectivity index (χ1n) is 7.98. The van der Waals surface area contributed by atoms with Crippen LogP contribution in [0.5, 0.6) is 5.75 Å². The first-order valence-corrected chi connectivity index (χ1v) is 9.59. The number of carbonyl (C=O) groups is 1. The molecule has 1 fully saturated rings. The maximum Gasteiger partial charge on any atom is 0.255 e. The second kappa shape index (κ2) is 6.76. The summed E-state index contributed by atoms with van der Waals surface area (Å²) in [5.74, 6) is 0.341. The third-order valence-electron chi connectivity index (χ3n) is 4.19. The zero-order valence-corrected chi connectivity index (χ0v) is 15.0. The van der Waals surface area contributed by atoms with Gasteiger partial charge in [-0.2, -0.15) is 0 Å². The number of amides is 1.